The topological polar surface area (TPSA) is 53.3 Å². The van der Waals surface area contributed by atoms with Crippen LogP contribution in [0.15, 0.2) is 0 Å². The fourth-order valence-corrected chi connectivity index (χ4v) is 3.30. The number of hydrogen-bond acceptors (Lipinski definition) is 4. The molecule has 1 aliphatic heterocycles. The zero-order chi connectivity index (χ0) is 13.0. The number of carbonyl (C=O) groups excluding carboxylic acids is 1. The minimum absolute atomic E-state index is 0.0626. The highest BCUT2D eigenvalue weighted by Gasteiger charge is 2.38. The van der Waals surface area contributed by atoms with Gasteiger partial charge >= 0.3 is 5.97 Å². The summed E-state index contributed by atoms with van der Waals surface area (Å²) < 4.78 is 5.15. The molecule has 0 amide bonds. The molecule has 0 spiro atoms. The summed E-state index contributed by atoms with van der Waals surface area (Å²) in [5.74, 6) is 0.0984. The van der Waals surface area contributed by atoms with Crippen molar-refractivity contribution in [2.45, 2.75) is 57.5 Å². The molecule has 4 heteroatoms. The molecular formula is C14H22N2O2. The van der Waals surface area contributed by atoms with Gasteiger partial charge in [-0.05, 0) is 45.6 Å². The molecule has 2 rings (SSSR count). The van der Waals surface area contributed by atoms with Crippen molar-refractivity contribution in [2.75, 3.05) is 13.2 Å². The number of hydrogen-bond donors (Lipinski definition) is 0. The van der Waals surface area contributed by atoms with Crippen molar-refractivity contribution >= 4 is 5.97 Å². The van der Waals surface area contributed by atoms with Crippen LogP contribution in [-0.2, 0) is 9.53 Å². The highest BCUT2D eigenvalue weighted by molar-refractivity contribution is 5.76. The first-order chi connectivity index (χ1) is 8.76. The second-order valence-corrected chi connectivity index (χ2v) is 5.29. The van der Waals surface area contributed by atoms with Crippen LogP contribution in [0.25, 0.3) is 0 Å². The summed E-state index contributed by atoms with van der Waals surface area (Å²) in [5, 5.41) is 9.05. The third-order valence-corrected chi connectivity index (χ3v) is 4.15. The van der Waals surface area contributed by atoms with E-state index in [1.54, 1.807) is 0 Å². The normalized spacial score (nSPS) is 33.0. The molecule has 0 aromatic carbocycles. The molecule has 0 aromatic heterocycles. The SMILES string of the molecule is CCOC(=O)[C@H]1CCCN1C1CCCC(C#N)C1. The van der Waals surface area contributed by atoms with Crippen LogP contribution in [0.3, 0.4) is 0 Å². The highest BCUT2D eigenvalue weighted by Crippen LogP contribution is 2.32. The predicted molar refractivity (Wildman–Crippen MR) is 67.7 cm³/mol. The molecule has 0 aromatic rings. The lowest BCUT2D eigenvalue weighted by Gasteiger charge is -2.35. The maximum absolute atomic E-state index is 11.9. The van der Waals surface area contributed by atoms with Crippen molar-refractivity contribution in [2.24, 2.45) is 5.92 Å². The van der Waals surface area contributed by atoms with Gasteiger partial charge in [0, 0.05) is 12.0 Å². The maximum atomic E-state index is 11.9. The summed E-state index contributed by atoms with van der Waals surface area (Å²) in [6, 6.07) is 2.72. The van der Waals surface area contributed by atoms with E-state index < -0.39 is 0 Å². The molecule has 0 radical (unpaired) electrons. The number of nitrogens with zero attached hydrogens (tertiary/aromatic N) is 2. The van der Waals surface area contributed by atoms with E-state index in [4.69, 9.17) is 10.00 Å². The Morgan fingerprint density at radius 2 is 2.22 bits per heavy atom. The molecule has 0 bridgehead atoms. The number of nitriles is 1. The van der Waals surface area contributed by atoms with Gasteiger partial charge in [0.2, 0.25) is 0 Å². The molecule has 1 aliphatic carbocycles. The average Bonchev–Trinajstić information content (AvgIpc) is 2.88. The molecule has 1 saturated heterocycles. The largest absolute Gasteiger partial charge is 0.465 e. The van der Waals surface area contributed by atoms with E-state index >= 15 is 0 Å². The van der Waals surface area contributed by atoms with Crippen molar-refractivity contribution in [3.05, 3.63) is 0 Å². The van der Waals surface area contributed by atoms with Gasteiger partial charge in [0.05, 0.1) is 12.7 Å². The monoisotopic (exact) mass is 250 g/mol. The molecule has 0 N–H and O–H groups in total. The van der Waals surface area contributed by atoms with Crippen LogP contribution in [0.4, 0.5) is 0 Å². The van der Waals surface area contributed by atoms with Gasteiger partial charge in [0.25, 0.3) is 0 Å². The van der Waals surface area contributed by atoms with E-state index in [-0.39, 0.29) is 17.9 Å². The van der Waals surface area contributed by atoms with Gasteiger partial charge in [-0.15, -0.1) is 0 Å². The first-order valence-corrected chi connectivity index (χ1v) is 7.08. The Balaban J connectivity index is 1.98. The van der Waals surface area contributed by atoms with Gasteiger partial charge < -0.3 is 4.74 Å². The maximum Gasteiger partial charge on any atom is 0.323 e. The van der Waals surface area contributed by atoms with E-state index in [1.807, 2.05) is 6.92 Å². The Morgan fingerprint density at radius 3 is 2.94 bits per heavy atom. The van der Waals surface area contributed by atoms with Gasteiger partial charge in [-0.2, -0.15) is 5.26 Å². The van der Waals surface area contributed by atoms with E-state index in [9.17, 15) is 4.79 Å². The lowest BCUT2D eigenvalue weighted by molar-refractivity contribution is -0.149. The Hall–Kier alpha value is -1.08. The number of rotatable bonds is 3. The van der Waals surface area contributed by atoms with E-state index in [2.05, 4.69) is 11.0 Å². The molecule has 18 heavy (non-hydrogen) atoms. The van der Waals surface area contributed by atoms with Crippen molar-refractivity contribution in [3.63, 3.8) is 0 Å². The summed E-state index contributed by atoms with van der Waals surface area (Å²) in [6.07, 6.45) is 6.14. The van der Waals surface area contributed by atoms with Crippen molar-refractivity contribution in [3.8, 4) is 6.07 Å². The van der Waals surface area contributed by atoms with Gasteiger partial charge in [-0.1, -0.05) is 6.42 Å². The van der Waals surface area contributed by atoms with Crippen LogP contribution in [0, 0.1) is 17.2 Å². The standard InChI is InChI=1S/C14H22N2O2/c1-2-18-14(17)13-7-4-8-16(13)12-6-3-5-11(9-12)10-15/h11-13H,2-9H2,1H3/t11?,12?,13-/m1/s1. The Bertz CT molecular complexity index is 337. The zero-order valence-corrected chi connectivity index (χ0v) is 11.1. The van der Waals surface area contributed by atoms with Crippen LogP contribution in [0.2, 0.25) is 0 Å². The molecule has 2 aliphatic rings. The van der Waals surface area contributed by atoms with Crippen LogP contribution in [0.1, 0.15) is 45.4 Å². The lowest BCUT2D eigenvalue weighted by atomic mass is 9.85. The zero-order valence-electron chi connectivity index (χ0n) is 11.1. The van der Waals surface area contributed by atoms with Crippen LogP contribution < -0.4 is 0 Å². The quantitative estimate of drug-likeness (QED) is 0.720. The van der Waals surface area contributed by atoms with Gasteiger partial charge in [0.15, 0.2) is 0 Å². The number of likely N-dealkylation sites (tertiary alicyclic amines) is 1. The van der Waals surface area contributed by atoms with Crippen molar-refractivity contribution < 1.29 is 9.53 Å². The second kappa shape index (κ2) is 6.19. The second-order valence-electron chi connectivity index (χ2n) is 5.29. The molecule has 100 valence electrons. The first-order valence-electron chi connectivity index (χ1n) is 7.08. The number of esters is 1. The van der Waals surface area contributed by atoms with E-state index in [0.29, 0.717) is 12.6 Å². The van der Waals surface area contributed by atoms with Gasteiger partial charge in [-0.3, -0.25) is 9.69 Å². The summed E-state index contributed by atoms with van der Waals surface area (Å²) in [6.45, 7) is 3.28. The van der Waals surface area contributed by atoms with E-state index in [0.717, 1.165) is 45.1 Å². The Morgan fingerprint density at radius 1 is 1.39 bits per heavy atom. The van der Waals surface area contributed by atoms with Crippen LogP contribution >= 0.6 is 0 Å². The van der Waals surface area contributed by atoms with Crippen molar-refractivity contribution in [1.29, 1.82) is 5.26 Å². The molecule has 1 saturated carbocycles. The van der Waals surface area contributed by atoms with Gasteiger partial charge in [0.1, 0.15) is 6.04 Å². The highest BCUT2D eigenvalue weighted by atomic mass is 16.5. The third-order valence-electron chi connectivity index (χ3n) is 4.15. The van der Waals surface area contributed by atoms with Crippen molar-refractivity contribution in [1.82, 2.24) is 4.90 Å². The predicted octanol–water partition coefficient (Wildman–Crippen LogP) is 2.10. The molecular weight excluding hydrogens is 228 g/mol. The molecule has 4 nitrogen and oxygen atoms in total. The first kappa shape index (κ1) is 13.4. The fraction of sp³-hybridized carbons (Fsp3) is 0.857. The Kier molecular flexibility index (Phi) is 4.60. The van der Waals surface area contributed by atoms with Gasteiger partial charge in [-0.25, -0.2) is 0 Å². The molecule has 1 heterocycles. The van der Waals surface area contributed by atoms with Crippen LogP contribution in [-0.4, -0.2) is 36.1 Å². The number of ether oxygens (including phenoxy) is 1. The average molecular weight is 250 g/mol. The minimum Gasteiger partial charge on any atom is -0.465 e. The summed E-state index contributed by atoms with van der Waals surface area (Å²) in [4.78, 5) is 14.2. The summed E-state index contributed by atoms with van der Waals surface area (Å²) >= 11 is 0. The third kappa shape index (κ3) is 2.84. The number of carbonyl (C=O) groups is 1. The Labute approximate surface area is 109 Å². The van der Waals surface area contributed by atoms with E-state index in [1.165, 1.54) is 0 Å². The smallest absolute Gasteiger partial charge is 0.323 e. The van der Waals surface area contributed by atoms with Crippen LogP contribution in [0.5, 0.6) is 0 Å². The fourth-order valence-electron chi connectivity index (χ4n) is 3.30. The lowest BCUT2D eigenvalue weighted by Crippen LogP contribution is -2.45. The minimum atomic E-state index is -0.0749. The molecule has 2 fully saturated rings. The summed E-state index contributed by atoms with van der Waals surface area (Å²) in [7, 11) is 0. The summed E-state index contributed by atoms with van der Waals surface area (Å²) in [5.41, 5.74) is 0. The molecule has 2 unspecified atom stereocenters. The molecule has 3 atom stereocenters.